The molecule has 0 heterocycles. The van der Waals surface area contributed by atoms with E-state index in [1.807, 2.05) is 6.07 Å². The number of hydrogen-bond acceptors (Lipinski definition) is 2. The molecule has 0 radical (unpaired) electrons. The Kier molecular flexibility index (Phi) is 5.49. The minimum atomic E-state index is 0.276. The number of benzene rings is 1. The summed E-state index contributed by atoms with van der Waals surface area (Å²) in [5.41, 5.74) is 1.28. The molecule has 2 nitrogen and oxygen atoms in total. The van der Waals surface area contributed by atoms with Crippen LogP contribution in [0.5, 0.6) is 5.75 Å². The van der Waals surface area contributed by atoms with Crippen molar-refractivity contribution in [1.82, 2.24) is 5.32 Å². The van der Waals surface area contributed by atoms with Gasteiger partial charge in [0.15, 0.2) is 0 Å². The topological polar surface area (TPSA) is 21.3 Å². The molecule has 17 heavy (non-hydrogen) atoms. The van der Waals surface area contributed by atoms with Crippen molar-refractivity contribution in [2.75, 3.05) is 0 Å². The fourth-order valence-electron chi connectivity index (χ4n) is 1.77. The van der Waals surface area contributed by atoms with Gasteiger partial charge in [-0.15, -0.1) is 0 Å². The molecule has 0 amide bonds. The molecule has 0 bridgehead atoms. The summed E-state index contributed by atoms with van der Waals surface area (Å²) in [6.07, 6.45) is 1.31. The highest BCUT2D eigenvalue weighted by Crippen LogP contribution is 2.20. The molecule has 0 saturated carbocycles. The van der Waals surface area contributed by atoms with E-state index < -0.39 is 0 Å². The fraction of sp³-hybridized carbons (Fsp3) is 0.600. The van der Waals surface area contributed by atoms with Crippen LogP contribution in [0.3, 0.4) is 0 Å². The maximum Gasteiger partial charge on any atom is 0.120 e. The summed E-state index contributed by atoms with van der Waals surface area (Å²) in [5, 5.41) is 3.50. The number of hydrogen-bond donors (Lipinski definition) is 1. The zero-order valence-electron chi connectivity index (χ0n) is 11.7. The minimum absolute atomic E-state index is 0.276. The van der Waals surface area contributed by atoms with Crippen LogP contribution in [0.25, 0.3) is 0 Å². The predicted molar refractivity (Wildman–Crippen MR) is 73.5 cm³/mol. The zero-order valence-corrected chi connectivity index (χ0v) is 11.7. The summed E-state index contributed by atoms with van der Waals surface area (Å²) < 4.78 is 5.83. The Morgan fingerprint density at radius 1 is 1.18 bits per heavy atom. The number of ether oxygens (including phenoxy) is 1. The average molecular weight is 235 g/mol. The van der Waals surface area contributed by atoms with Crippen molar-refractivity contribution in [1.29, 1.82) is 0 Å². The number of nitrogens with one attached hydrogen (secondary N) is 1. The first kappa shape index (κ1) is 14.0. The third-order valence-electron chi connectivity index (χ3n) is 2.85. The van der Waals surface area contributed by atoms with Gasteiger partial charge in [0.05, 0.1) is 6.10 Å². The molecule has 1 N–H and O–H groups in total. The first-order valence-corrected chi connectivity index (χ1v) is 6.55. The van der Waals surface area contributed by atoms with Gasteiger partial charge >= 0.3 is 0 Å². The second kappa shape index (κ2) is 6.65. The van der Waals surface area contributed by atoms with Crippen LogP contribution >= 0.6 is 0 Å². The van der Waals surface area contributed by atoms with Crippen molar-refractivity contribution in [3.05, 3.63) is 29.8 Å². The van der Waals surface area contributed by atoms with E-state index in [0.29, 0.717) is 12.1 Å². The third-order valence-corrected chi connectivity index (χ3v) is 2.85. The first-order valence-electron chi connectivity index (χ1n) is 6.55. The van der Waals surface area contributed by atoms with E-state index in [9.17, 15) is 0 Å². The highest BCUT2D eigenvalue weighted by molar-refractivity contribution is 5.30. The lowest BCUT2D eigenvalue weighted by molar-refractivity contribution is 0.217. The predicted octanol–water partition coefficient (Wildman–Crippen LogP) is 3.92. The Balaban J connectivity index is 2.71. The summed E-state index contributed by atoms with van der Waals surface area (Å²) in [5.74, 6) is 0.967. The van der Waals surface area contributed by atoms with E-state index >= 15 is 0 Å². The summed E-state index contributed by atoms with van der Waals surface area (Å²) in [7, 11) is 0. The molecule has 1 aromatic rings. The van der Waals surface area contributed by atoms with Crippen LogP contribution in [0.15, 0.2) is 24.3 Å². The van der Waals surface area contributed by atoms with Crippen molar-refractivity contribution in [2.45, 2.75) is 59.2 Å². The molecular formula is C15H25NO. The van der Waals surface area contributed by atoms with Crippen molar-refractivity contribution >= 4 is 0 Å². The normalized spacial score (nSPS) is 14.7. The maximum atomic E-state index is 5.83. The fourth-order valence-corrected chi connectivity index (χ4v) is 1.77. The van der Waals surface area contributed by atoms with E-state index in [4.69, 9.17) is 4.74 Å². The quantitative estimate of drug-likeness (QED) is 0.807. The van der Waals surface area contributed by atoms with Gasteiger partial charge in [0.1, 0.15) is 5.75 Å². The van der Waals surface area contributed by atoms with Crippen molar-refractivity contribution < 1.29 is 4.74 Å². The van der Waals surface area contributed by atoms with Gasteiger partial charge in [-0.1, -0.05) is 32.9 Å². The zero-order chi connectivity index (χ0) is 12.8. The Morgan fingerprint density at radius 2 is 1.88 bits per heavy atom. The van der Waals surface area contributed by atoms with Gasteiger partial charge in [-0.25, -0.2) is 0 Å². The molecule has 2 heteroatoms. The van der Waals surface area contributed by atoms with E-state index in [1.54, 1.807) is 0 Å². The number of rotatable bonds is 6. The second-order valence-electron chi connectivity index (χ2n) is 4.95. The Hall–Kier alpha value is -1.02. The molecule has 1 rings (SSSR count). The van der Waals surface area contributed by atoms with Crippen LogP contribution < -0.4 is 10.1 Å². The second-order valence-corrected chi connectivity index (χ2v) is 4.95. The molecule has 0 aliphatic rings. The Morgan fingerprint density at radius 3 is 2.47 bits per heavy atom. The largest absolute Gasteiger partial charge is 0.491 e. The molecule has 0 unspecified atom stereocenters. The highest BCUT2D eigenvalue weighted by Gasteiger charge is 2.08. The molecule has 0 aliphatic heterocycles. The van der Waals surface area contributed by atoms with Crippen LogP contribution in [0.4, 0.5) is 0 Å². The monoisotopic (exact) mass is 235 g/mol. The third kappa shape index (κ3) is 4.78. The Labute approximate surface area is 105 Å². The summed E-state index contributed by atoms with van der Waals surface area (Å²) in [6.45, 7) is 10.7. The molecule has 1 aromatic carbocycles. The van der Waals surface area contributed by atoms with Crippen LogP contribution in [-0.4, -0.2) is 12.1 Å². The van der Waals surface area contributed by atoms with E-state index in [-0.39, 0.29) is 6.10 Å². The van der Waals surface area contributed by atoms with E-state index in [2.05, 4.69) is 58.1 Å². The summed E-state index contributed by atoms with van der Waals surface area (Å²) in [4.78, 5) is 0. The van der Waals surface area contributed by atoms with Gasteiger partial charge in [-0.05, 0) is 38.0 Å². The van der Waals surface area contributed by atoms with Crippen LogP contribution in [-0.2, 0) is 0 Å². The molecule has 2 atom stereocenters. The lowest BCUT2D eigenvalue weighted by Crippen LogP contribution is -2.26. The molecular weight excluding hydrogens is 210 g/mol. The minimum Gasteiger partial charge on any atom is -0.491 e. The maximum absolute atomic E-state index is 5.83. The molecule has 0 spiro atoms. The van der Waals surface area contributed by atoms with Gasteiger partial charge in [-0.2, -0.15) is 0 Å². The lowest BCUT2D eigenvalue weighted by Gasteiger charge is -2.19. The standard InChI is InChI=1S/C15H25NO/c1-6-12(4)17-15-9-7-8-14(10-15)13(5)16-11(2)3/h7-13,16H,6H2,1-5H3/t12-,13+/m1/s1. The molecule has 0 saturated heterocycles. The van der Waals surface area contributed by atoms with Crippen molar-refractivity contribution in [3.8, 4) is 5.75 Å². The van der Waals surface area contributed by atoms with Gasteiger partial charge in [0.2, 0.25) is 0 Å². The van der Waals surface area contributed by atoms with Crippen LogP contribution in [0.1, 0.15) is 52.6 Å². The van der Waals surface area contributed by atoms with E-state index in [0.717, 1.165) is 12.2 Å². The Bertz CT molecular complexity index is 335. The molecule has 0 aromatic heterocycles. The van der Waals surface area contributed by atoms with E-state index in [1.165, 1.54) is 5.56 Å². The highest BCUT2D eigenvalue weighted by atomic mass is 16.5. The SMILES string of the molecule is CC[C@@H](C)Oc1cccc([C@H](C)NC(C)C)c1. The lowest BCUT2D eigenvalue weighted by atomic mass is 10.1. The average Bonchev–Trinajstić information content (AvgIpc) is 2.28. The molecule has 0 aliphatic carbocycles. The van der Waals surface area contributed by atoms with Gasteiger partial charge in [0.25, 0.3) is 0 Å². The van der Waals surface area contributed by atoms with Crippen molar-refractivity contribution in [3.63, 3.8) is 0 Å². The van der Waals surface area contributed by atoms with Gasteiger partial charge < -0.3 is 10.1 Å². The molecule has 0 fully saturated rings. The summed E-state index contributed by atoms with van der Waals surface area (Å²) >= 11 is 0. The summed E-state index contributed by atoms with van der Waals surface area (Å²) in [6, 6.07) is 9.21. The van der Waals surface area contributed by atoms with Crippen LogP contribution in [0, 0.1) is 0 Å². The first-order chi connectivity index (χ1) is 8.02. The molecule has 96 valence electrons. The van der Waals surface area contributed by atoms with Crippen LogP contribution in [0.2, 0.25) is 0 Å². The van der Waals surface area contributed by atoms with Gasteiger partial charge in [-0.3, -0.25) is 0 Å². The van der Waals surface area contributed by atoms with Gasteiger partial charge in [0, 0.05) is 12.1 Å². The van der Waals surface area contributed by atoms with Crippen molar-refractivity contribution in [2.24, 2.45) is 0 Å². The smallest absolute Gasteiger partial charge is 0.120 e.